The maximum atomic E-state index is 2.44. The minimum atomic E-state index is 1.19. The fourth-order valence-electron chi connectivity index (χ4n) is 24.8. The van der Waals surface area contributed by atoms with Crippen LogP contribution in [0.15, 0.2) is 413 Å². The summed E-state index contributed by atoms with van der Waals surface area (Å²) in [5.74, 6) is 0. The smallest absolute Gasteiger partial charge is 0.0641 e. The number of aromatic nitrogens is 12. The Kier molecular flexibility index (Phi) is 19.4. The highest BCUT2D eigenvalue weighted by Gasteiger charge is 2.26. The maximum Gasteiger partial charge on any atom is 0.0641 e. The molecule has 0 aliphatic carbocycles. The number of aryl methyl sites for hydroxylation is 12. The Morgan fingerprint density at radius 3 is 0.653 bits per heavy atom. The minimum Gasteiger partial charge on any atom is -0.344 e. The van der Waals surface area contributed by atoms with Gasteiger partial charge in [0, 0.05) is 288 Å². The second kappa shape index (κ2) is 32.8. The van der Waals surface area contributed by atoms with E-state index < -0.39 is 0 Å². The molecule has 0 unspecified atom stereocenters. The van der Waals surface area contributed by atoms with Crippen LogP contribution in [0.1, 0.15) is 11.1 Å². The Hall–Kier alpha value is -18.0. The van der Waals surface area contributed by atoms with Gasteiger partial charge in [-0.1, -0.05) is 272 Å². The SMILES string of the molecule is Cc1ccc(-n2c3ccccc3c3c2ccc2c4ccccc4n(-c4ccc(C)cc4)c23)cc1.Cn1c2ccccc2c2c1ccc1c3ccccc3n(C)c12.Cn1c2ccccc2c2c1ccc1c3ccccc3n(C)c12.Cn1c2ccccc2c2c3c4ccccc4n(C)c3ccc21.Cn1c2ccccc2c2cc3c(cc21)c1ccccc1n3C.Cn1c2ccccc2c2cc3c4ccccc4n(C)c3cc21. The van der Waals surface area contributed by atoms with E-state index in [9.17, 15) is 0 Å². The molecule has 0 saturated carbocycles. The number of fused-ring (bicyclic) bond motifs is 40. The minimum absolute atomic E-state index is 1.19. The van der Waals surface area contributed by atoms with Crippen molar-refractivity contribution < 1.29 is 0 Å². The lowest BCUT2D eigenvalue weighted by atomic mass is 10.1. The topological polar surface area (TPSA) is 59.2 Å². The van der Waals surface area contributed by atoms with Crippen molar-refractivity contribution in [2.24, 2.45) is 70.5 Å². The predicted molar refractivity (Wildman–Crippen MR) is 617 cm³/mol. The Morgan fingerprint density at radius 1 is 0.118 bits per heavy atom. The Balaban J connectivity index is 0.0000000868. The standard InChI is InChI=1S/C32H24N2.5C20H16N2/c1-21-11-15-23(16-12-21)33-29-10-6-4-8-27(29)31-30(33)20-19-26-25-7-3-5-9-28(25)34(32(26)31)24-17-13-22(2)14-18-24;1-21-17-9-5-3-7-13(17)15-12-20-16(11-19(15)21)14-8-4-6-10-18(14)22(20)2;1-21-17-9-5-3-7-13(17)15-11-16-14-8-4-6-10-18(14)22(2)20(16)12-19(15)21;2*1-21-17-10-6-4-8-15(17)19-18(21)12-11-14-13-7-3-5-9-16(13)22(2)20(14)19;1-21-15-9-5-3-7-13(15)19-17(21)11-12-18-20(19)14-8-4-6-10-16(14)22(18)2/h3-20H,1-2H3;5*3-12H,1-2H3. The maximum absolute atomic E-state index is 2.44. The van der Waals surface area contributed by atoms with E-state index >= 15 is 0 Å². The van der Waals surface area contributed by atoms with Gasteiger partial charge in [-0.3, -0.25) is 0 Å². The second-order valence-corrected chi connectivity index (χ2v) is 39.3. The quantitative estimate of drug-likeness (QED) is 0.166. The summed E-state index contributed by atoms with van der Waals surface area (Å²) in [6, 6.07) is 149. The van der Waals surface area contributed by atoms with Crippen molar-refractivity contribution in [2.75, 3.05) is 0 Å². The summed E-state index contributed by atoms with van der Waals surface area (Å²) in [5.41, 5.74) is 35.8. The number of nitrogens with zero attached hydrogens (tertiary/aromatic N) is 12. The number of hydrogen-bond acceptors (Lipinski definition) is 0. The molecule has 0 atom stereocenters. The summed E-state index contributed by atoms with van der Waals surface area (Å²) in [5, 5.41) is 31.9. The van der Waals surface area contributed by atoms with E-state index in [-0.39, 0.29) is 0 Å². The van der Waals surface area contributed by atoms with E-state index in [1.54, 1.807) is 0 Å². The van der Waals surface area contributed by atoms with Crippen LogP contribution in [0.3, 0.4) is 0 Å². The van der Waals surface area contributed by atoms with Crippen LogP contribution in [0, 0.1) is 13.8 Å². The molecule has 0 aliphatic heterocycles. The van der Waals surface area contributed by atoms with Crippen molar-refractivity contribution in [3.63, 3.8) is 0 Å². The molecule has 144 heavy (non-hydrogen) atoms. The van der Waals surface area contributed by atoms with E-state index in [0.717, 1.165) is 0 Å². The van der Waals surface area contributed by atoms with Crippen LogP contribution in [-0.4, -0.2) is 54.8 Å². The molecular formula is C132H104N12. The fourth-order valence-corrected chi connectivity index (χ4v) is 24.8. The summed E-state index contributed by atoms with van der Waals surface area (Å²) in [6.07, 6.45) is 0. The van der Waals surface area contributed by atoms with Crippen molar-refractivity contribution in [3.05, 3.63) is 424 Å². The van der Waals surface area contributed by atoms with Crippen LogP contribution in [0.2, 0.25) is 0 Å². The van der Waals surface area contributed by atoms with Gasteiger partial charge < -0.3 is 54.8 Å². The van der Waals surface area contributed by atoms with Crippen molar-refractivity contribution in [1.82, 2.24) is 54.8 Å². The normalized spacial score (nSPS) is 12.0. The van der Waals surface area contributed by atoms with Crippen LogP contribution in [0.5, 0.6) is 0 Å². The van der Waals surface area contributed by atoms with Crippen LogP contribution in [-0.2, 0) is 70.5 Å². The lowest BCUT2D eigenvalue weighted by Crippen LogP contribution is -1.95. The molecule has 32 rings (SSSR count). The largest absolute Gasteiger partial charge is 0.344 e. The van der Waals surface area contributed by atoms with Crippen LogP contribution >= 0.6 is 0 Å². The van der Waals surface area contributed by atoms with E-state index in [1.165, 1.54) is 284 Å². The third-order valence-electron chi connectivity index (χ3n) is 31.8. The van der Waals surface area contributed by atoms with Gasteiger partial charge in [0.25, 0.3) is 0 Å². The van der Waals surface area contributed by atoms with Crippen LogP contribution in [0.25, 0.3) is 273 Å². The first-order valence-corrected chi connectivity index (χ1v) is 49.8. The summed E-state index contributed by atoms with van der Waals surface area (Å²) >= 11 is 0. The molecule has 12 nitrogen and oxygen atoms in total. The monoisotopic (exact) mass is 1860 g/mol. The number of hydrogen-bond donors (Lipinski definition) is 0. The molecule has 692 valence electrons. The van der Waals surface area contributed by atoms with Gasteiger partial charge in [-0.25, -0.2) is 0 Å². The zero-order valence-electron chi connectivity index (χ0n) is 82.6. The van der Waals surface area contributed by atoms with Gasteiger partial charge in [0.1, 0.15) is 0 Å². The Labute approximate surface area is 830 Å². The molecule has 0 aliphatic rings. The third-order valence-corrected chi connectivity index (χ3v) is 31.8. The molecular weight excluding hydrogens is 1750 g/mol. The highest BCUT2D eigenvalue weighted by atomic mass is 15.0. The molecule has 12 heteroatoms. The molecule has 32 aromatic rings. The summed E-state index contributed by atoms with van der Waals surface area (Å²) in [7, 11) is 21.6. The Morgan fingerprint density at radius 2 is 0.319 bits per heavy atom. The molecule has 12 heterocycles. The zero-order valence-corrected chi connectivity index (χ0v) is 82.6. The molecule has 12 aromatic heterocycles. The average Bonchev–Trinajstić information content (AvgIpc) is 1.49. The number of rotatable bonds is 2. The Bertz CT molecular complexity index is 10400. The molecule has 0 amide bonds. The van der Waals surface area contributed by atoms with E-state index in [4.69, 9.17) is 0 Å². The summed E-state index contributed by atoms with van der Waals surface area (Å²) in [4.78, 5) is 0. The first-order chi connectivity index (χ1) is 70.5. The van der Waals surface area contributed by atoms with Crippen molar-refractivity contribution in [1.29, 1.82) is 0 Å². The van der Waals surface area contributed by atoms with E-state index in [2.05, 4.69) is 552 Å². The van der Waals surface area contributed by atoms with E-state index in [0.29, 0.717) is 0 Å². The highest BCUT2D eigenvalue weighted by Crippen LogP contribution is 2.48. The lowest BCUT2D eigenvalue weighted by Gasteiger charge is -2.10. The number of benzene rings is 20. The zero-order chi connectivity index (χ0) is 97.0. The van der Waals surface area contributed by atoms with Gasteiger partial charge in [0.2, 0.25) is 0 Å². The van der Waals surface area contributed by atoms with Gasteiger partial charge in [-0.05, 0) is 166 Å². The third kappa shape index (κ3) is 12.6. The van der Waals surface area contributed by atoms with Gasteiger partial charge in [-0.2, -0.15) is 0 Å². The molecule has 0 fully saturated rings. The highest BCUT2D eigenvalue weighted by molar-refractivity contribution is 6.31. The van der Waals surface area contributed by atoms with Gasteiger partial charge in [-0.15, -0.1) is 0 Å². The second-order valence-electron chi connectivity index (χ2n) is 39.3. The molecule has 0 saturated heterocycles. The molecule has 0 N–H and O–H groups in total. The molecule has 20 aromatic carbocycles. The fraction of sp³-hybridized carbons (Fsp3) is 0.0909. The van der Waals surface area contributed by atoms with Crippen LogP contribution in [0.4, 0.5) is 0 Å². The van der Waals surface area contributed by atoms with Gasteiger partial charge >= 0.3 is 0 Å². The number of para-hydroxylation sites is 12. The summed E-state index contributed by atoms with van der Waals surface area (Å²) < 4.78 is 27.9. The van der Waals surface area contributed by atoms with Crippen molar-refractivity contribution in [2.45, 2.75) is 13.8 Å². The molecule has 0 radical (unpaired) electrons. The lowest BCUT2D eigenvalue weighted by molar-refractivity contribution is 1.00. The average molecular weight is 1860 g/mol. The first kappa shape index (κ1) is 85.2. The molecule has 0 spiro atoms. The van der Waals surface area contributed by atoms with Crippen molar-refractivity contribution >= 4 is 262 Å². The van der Waals surface area contributed by atoms with E-state index in [1.807, 2.05) is 0 Å². The summed E-state index contributed by atoms with van der Waals surface area (Å²) in [6.45, 7) is 4.28. The van der Waals surface area contributed by atoms with Crippen molar-refractivity contribution in [3.8, 4) is 11.4 Å². The first-order valence-electron chi connectivity index (χ1n) is 49.8. The van der Waals surface area contributed by atoms with Crippen LogP contribution < -0.4 is 0 Å². The predicted octanol–water partition coefficient (Wildman–Crippen LogP) is 33.4. The van der Waals surface area contributed by atoms with Gasteiger partial charge in [0.15, 0.2) is 0 Å². The molecule has 0 bridgehead atoms. The van der Waals surface area contributed by atoms with Gasteiger partial charge in [0.05, 0.1) is 55.2 Å².